The number of carboxylic acids is 1. The number of hydrogen-bond donors (Lipinski definition) is 1. The van der Waals surface area contributed by atoms with Crippen molar-refractivity contribution in [1.29, 1.82) is 0 Å². The molecule has 0 unspecified atom stereocenters. The maximum absolute atomic E-state index is 11.5. The fraction of sp³-hybridized carbons (Fsp3) is 0.267. The minimum absolute atomic E-state index is 0.291. The first kappa shape index (κ1) is 13.8. The fourth-order valence-corrected chi connectivity index (χ4v) is 3.06. The maximum Gasteiger partial charge on any atom is 0.337 e. The molecule has 2 heterocycles. The first-order chi connectivity index (χ1) is 10.2. The smallest absolute Gasteiger partial charge is 0.337 e. The van der Waals surface area contributed by atoms with E-state index < -0.39 is 5.97 Å². The molecule has 108 valence electrons. The summed E-state index contributed by atoms with van der Waals surface area (Å²) < 4.78 is 1.99. The molecule has 5 nitrogen and oxygen atoms in total. The van der Waals surface area contributed by atoms with Crippen molar-refractivity contribution in [3.8, 4) is 0 Å². The molecular weight excluding hydrogens is 286 g/mol. The molecule has 0 saturated carbocycles. The van der Waals surface area contributed by atoms with E-state index in [0.29, 0.717) is 17.6 Å². The van der Waals surface area contributed by atoms with Gasteiger partial charge in [-0.1, -0.05) is 13.0 Å². The monoisotopic (exact) mass is 301 g/mol. The van der Waals surface area contributed by atoms with E-state index in [1.807, 2.05) is 16.0 Å². The summed E-state index contributed by atoms with van der Waals surface area (Å²) in [5, 5.41) is 12.3. The second-order valence-corrected chi connectivity index (χ2v) is 5.75. The van der Waals surface area contributed by atoms with Crippen LogP contribution in [0.5, 0.6) is 0 Å². The van der Waals surface area contributed by atoms with E-state index in [1.54, 1.807) is 29.7 Å². The first-order valence-corrected chi connectivity index (χ1v) is 7.68. The molecular formula is C15H15N3O2S. The Labute approximate surface area is 125 Å². The molecule has 0 aliphatic carbocycles. The lowest BCUT2D eigenvalue weighted by atomic mass is 10.2. The molecule has 0 amide bonds. The minimum atomic E-state index is -0.927. The van der Waals surface area contributed by atoms with Gasteiger partial charge in [-0.3, -0.25) is 0 Å². The van der Waals surface area contributed by atoms with Crippen molar-refractivity contribution in [2.24, 2.45) is 0 Å². The van der Waals surface area contributed by atoms with E-state index in [2.05, 4.69) is 16.9 Å². The highest BCUT2D eigenvalue weighted by Crippen LogP contribution is 2.23. The number of aryl methyl sites for hydroxylation is 1. The van der Waals surface area contributed by atoms with Crippen LogP contribution in [0.3, 0.4) is 0 Å². The van der Waals surface area contributed by atoms with Crippen LogP contribution in [-0.4, -0.2) is 25.6 Å². The lowest BCUT2D eigenvalue weighted by Gasteiger charge is -2.08. The number of fused-ring (bicyclic) bond motifs is 1. The highest BCUT2D eigenvalue weighted by Gasteiger charge is 2.17. The van der Waals surface area contributed by atoms with Crippen LogP contribution >= 0.6 is 11.3 Å². The number of nitrogens with zero attached hydrogens (tertiary/aromatic N) is 3. The third kappa shape index (κ3) is 2.54. The van der Waals surface area contributed by atoms with Crippen molar-refractivity contribution in [1.82, 2.24) is 14.5 Å². The molecule has 0 bridgehead atoms. The molecule has 1 N–H and O–H groups in total. The van der Waals surface area contributed by atoms with Crippen LogP contribution in [0.2, 0.25) is 0 Å². The number of imidazole rings is 1. The predicted molar refractivity (Wildman–Crippen MR) is 81.9 cm³/mol. The lowest BCUT2D eigenvalue weighted by molar-refractivity contribution is 0.0698. The van der Waals surface area contributed by atoms with Crippen LogP contribution < -0.4 is 0 Å². The van der Waals surface area contributed by atoms with Crippen molar-refractivity contribution in [2.45, 2.75) is 26.3 Å². The van der Waals surface area contributed by atoms with Crippen LogP contribution in [0.15, 0.2) is 29.8 Å². The summed E-state index contributed by atoms with van der Waals surface area (Å²) in [4.78, 5) is 20.4. The third-order valence-corrected chi connectivity index (χ3v) is 4.09. The van der Waals surface area contributed by atoms with Gasteiger partial charge in [0.1, 0.15) is 10.8 Å². The molecule has 2 aromatic heterocycles. The second kappa shape index (κ2) is 5.65. The molecule has 0 spiro atoms. The van der Waals surface area contributed by atoms with Gasteiger partial charge in [-0.25, -0.2) is 14.8 Å². The zero-order valence-corrected chi connectivity index (χ0v) is 12.4. The van der Waals surface area contributed by atoms with Gasteiger partial charge >= 0.3 is 5.97 Å². The van der Waals surface area contributed by atoms with Gasteiger partial charge in [0.2, 0.25) is 0 Å². The maximum atomic E-state index is 11.5. The van der Waals surface area contributed by atoms with Crippen LogP contribution in [0.1, 0.15) is 34.5 Å². The molecule has 3 aromatic rings. The van der Waals surface area contributed by atoms with E-state index in [9.17, 15) is 9.90 Å². The van der Waals surface area contributed by atoms with Crippen LogP contribution in [0, 0.1) is 0 Å². The molecule has 0 fully saturated rings. The van der Waals surface area contributed by atoms with E-state index in [4.69, 9.17) is 0 Å². The largest absolute Gasteiger partial charge is 0.478 e. The number of carboxylic acid groups (broad SMARTS) is 1. The Kier molecular flexibility index (Phi) is 3.70. The summed E-state index contributed by atoms with van der Waals surface area (Å²) in [6.45, 7) is 2.65. The molecule has 1 aromatic carbocycles. The van der Waals surface area contributed by atoms with Gasteiger partial charge in [-0.05, 0) is 18.6 Å². The average Bonchev–Trinajstić information content (AvgIpc) is 3.08. The van der Waals surface area contributed by atoms with Gasteiger partial charge in [-0.15, -0.1) is 11.3 Å². The number of thiazole rings is 1. The third-order valence-electron chi connectivity index (χ3n) is 3.33. The van der Waals surface area contributed by atoms with Gasteiger partial charge < -0.3 is 9.67 Å². The van der Waals surface area contributed by atoms with E-state index in [1.165, 1.54) is 0 Å². The van der Waals surface area contributed by atoms with Gasteiger partial charge in [-0.2, -0.15) is 0 Å². The number of rotatable bonds is 5. The summed E-state index contributed by atoms with van der Waals surface area (Å²) in [6.07, 6.45) is 3.54. The Balaban J connectivity index is 2.21. The number of carbonyl (C=O) groups is 1. The zero-order chi connectivity index (χ0) is 14.8. The topological polar surface area (TPSA) is 68.0 Å². The molecule has 21 heavy (non-hydrogen) atoms. The number of aromatic carboxylic acids is 1. The first-order valence-electron chi connectivity index (χ1n) is 6.80. The molecule has 0 saturated heterocycles. The fourth-order valence-electron chi connectivity index (χ4n) is 2.46. The summed E-state index contributed by atoms with van der Waals surface area (Å²) in [5.74, 6) is -0.0136. The van der Waals surface area contributed by atoms with Crippen LogP contribution in [0.4, 0.5) is 0 Å². The number of para-hydroxylation sites is 1. The summed E-state index contributed by atoms with van der Waals surface area (Å²) in [5.41, 5.74) is 1.71. The van der Waals surface area contributed by atoms with Gasteiger partial charge in [0, 0.05) is 18.0 Å². The van der Waals surface area contributed by atoms with E-state index in [-0.39, 0.29) is 0 Å². The lowest BCUT2D eigenvalue weighted by Crippen LogP contribution is -2.08. The van der Waals surface area contributed by atoms with Gasteiger partial charge in [0.15, 0.2) is 0 Å². The van der Waals surface area contributed by atoms with Crippen molar-refractivity contribution in [3.63, 3.8) is 0 Å². The normalized spacial score (nSPS) is 11.1. The van der Waals surface area contributed by atoms with Crippen molar-refractivity contribution in [3.05, 3.63) is 46.2 Å². The molecule has 6 heteroatoms. The Morgan fingerprint density at radius 1 is 1.43 bits per heavy atom. The number of aromatic nitrogens is 3. The molecule has 0 atom stereocenters. The number of hydrogen-bond acceptors (Lipinski definition) is 4. The molecule has 0 radical (unpaired) electrons. The highest BCUT2D eigenvalue weighted by atomic mass is 32.1. The molecule has 0 aliphatic rings. The quantitative estimate of drug-likeness (QED) is 0.786. The standard InChI is InChI=1S/C15H15N3O2S/c1-2-4-12-17-11-6-3-5-10(15(19)20)14(11)18(12)9-13-16-7-8-21-13/h3,5-8H,2,4,9H2,1H3,(H,19,20). The van der Waals surface area contributed by atoms with Crippen molar-refractivity contribution >= 4 is 28.3 Å². The minimum Gasteiger partial charge on any atom is -0.478 e. The van der Waals surface area contributed by atoms with Gasteiger partial charge in [0.25, 0.3) is 0 Å². The molecule has 3 rings (SSSR count). The summed E-state index contributed by atoms with van der Waals surface area (Å²) in [6, 6.07) is 5.22. The van der Waals surface area contributed by atoms with Gasteiger partial charge in [0.05, 0.1) is 23.1 Å². The van der Waals surface area contributed by atoms with Crippen LogP contribution in [-0.2, 0) is 13.0 Å². The Hall–Kier alpha value is -2.21. The SMILES string of the molecule is CCCc1nc2cccc(C(=O)O)c2n1Cc1nccs1. The zero-order valence-electron chi connectivity index (χ0n) is 11.6. The van der Waals surface area contributed by atoms with E-state index in [0.717, 1.165) is 29.2 Å². The second-order valence-electron chi connectivity index (χ2n) is 4.77. The summed E-state index contributed by atoms with van der Waals surface area (Å²) in [7, 11) is 0. The van der Waals surface area contributed by atoms with Crippen molar-refractivity contribution < 1.29 is 9.90 Å². The van der Waals surface area contributed by atoms with E-state index >= 15 is 0 Å². The Morgan fingerprint density at radius 2 is 2.29 bits per heavy atom. The summed E-state index contributed by atoms with van der Waals surface area (Å²) >= 11 is 1.56. The number of benzene rings is 1. The Bertz CT molecular complexity index is 778. The highest BCUT2D eigenvalue weighted by molar-refractivity contribution is 7.09. The molecule has 0 aliphatic heterocycles. The average molecular weight is 301 g/mol. The van der Waals surface area contributed by atoms with Crippen molar-refractivity contribution in [2.75, 3.05) is 0 Å². The Morgan fingerprint density at radius 3 is 2.95 bits per heavy atom. The van der Waals surface area contributed by atoms with Crippen LogP contribution in [0.25, 0.3) is 11.0 Å². The predicted octanol–water partition coefficient (Wildman–Crippen LogP) is 3.19.